The molecule has 0 radical (unpaired) electrons. The lowest BCUT2D eigenvalue weighted by molar-refractivity contribution is 0.0733. The second-order valence-electron chi connectivity index (χ2n) is 3.62. The Labute approximate surface area is 94.8 Å². The van der Waals surface area contributed by atoms with E-state index in [-0.39, 0.29) is 11.9 Å². The summed E-state index contributed by atoms with van der Waals surface area (Å²) in [4.78, 5) is 13.6. The van der Waals surface area contributed by atoms with E-state index in [1.165, 1.54) is 0 Å². The number of anilines is 1. The molecule has 0 aliphatic carbocycles. The van der Waals surface area contributed by atoms with Crippen LogP contribution in [0.1, 0.15) is 30.8 Å². The highest BCUT2D eigenvalue weighted by atomic mass is 16.2. The largest absolute Gasteiger partial charge is 0.338 e. The lowest BCUT2D eigenvalue weighted by Gasteiger charge is -2.23. The average Bonchev–Trinajstić information content (AvgIpc) is 2.36. The zero-order valence-corrected chi connectivity index (χ0v) is 9.77. The van der Waals surface area contributed by atoms with Gasteiger partial charge in [-0.2, -0.15) is 0 Å². The van der Waals surface area contributed by atoms with Crippen LogP contribution in [0.3, 0.4) is 0 Å². The van der Waals surface area contributed by atoms with Crippen LogP contribution in [0.4, 0.5) is 5.82 Å². The minimum Gasteiger partial charge on any atom is -0.338 e. The zero-order chi connectivity index (χ0) is 12.1. The molecule has 1 aromatic heterocycles. The molecule has 1 heterocycles. The summed E-state index contributed by atoms with van der Waals surface area (Å²) in [5.74, 6) is 5.46. The Kier molecular flexibility index (Phi) is 4.19. The third-order valence-corrected chi connectivity index (χ3v) is 2.60. The first-order chi connectivity index (χ1) is 7.60. The van der Waals surface area contributed by atoms with E-state index in [4.69, 9.17) is 5.84 Å². The second-order valence-corrected chi connectivity index (χ2v) is 3.62. The number of hydrogen-bond donors (Lipinski definition) is 2. The topological polar surface area (TPSA) is 84.1 Å². The SMILES string of the molecule is CCC(C)N(C)C(=O)c1ccc(NN)nn1. The Balaban J connectivity index is 2.80. The monoisotopic (exact) mass is 223 g/mol. The molecule has 0 saturated heterocycles. The predicted molar refractivity (Wildman–Crippen MR) is 61.7 cm³/mol. The highest BCUT2D eigenvalue weighted by Gasteiger charge is 2.17. The van der Waals surface area contributed by atoms with Gasteiger partial charge in [-0.25, -0.2) is 5.84 Å². The van der Waals surface area contributed by atoms with E-state index in [0.29, 0.717) is 11.5 Å². The van der Waals surface area contributed by atoms with Gasteiger partial charge in [0, 0.05) is 13.1 Å². The third-order valence-electron chi connectivity index (χ3n) is 2.60. The van der Waals surface area contributed by atoms with Gasteiger partial charge < -0.3 is 10.3 Å². The van der Waals surface area contributed by atoms with Crippen LogP contribution in [0, 0.1) is 0 Å². The average molecular weight is 223 g/mol. The summed E-state index contributed by atoms with van der Waals surface area (Å²) < 4.78 is 0. The van der Waals surface area contributed by atoms with Gasteiger partial charge in [0.25, 0.3) is 5.91 Å². The fourth-order valence-electron chi connectivity index (χ4n) is 1.18. The van der Waals surface area contributed by atoms with E-state index >= 15 is 0 Å². The molecule has 16 heavy (non-hydrogen) atoms. The molecule has 6 nitrogen and oxygen atoms in total. The van der Waals surface area contributed by atoms with Crippen LogP contribution in [0.2, 0.25) is 0 Å². The molecular weight excluding hydrogens is 206 g/mol. The molecule has 88 valence electrons. The summed E-state index contributed by atoms with van der Waals surface area (Å²) in [6, 6.07) is 3.40. The normalized spacial score (nSPS) is 12.0. The Morgan fingerprint density at radius 3 is 2.69 bits per heavy atom. The van der Waals surface area contributed by atoms with Gasteiger partial charge >= 0.3 is 0 Å². The number of hydrazine groups is 1. The van der Waals surface area contributed by atoms with E-state index in [0.717, 1.165) is 6.42 Å². The van der Waals surface area contributed by atoms with Crippen molar-refractivity contribution in [2.75, 3.05) is 12.5 Å². The molecule has 0 aromatic carbocycles. The van der Waals surface area contributed by atoms with Gasteiger partial charge in [0.2, 0.25) is 0 Å². The number of amides is 1. The molecule has 1 aromatic rings. The molecule has 0 aliphatic heterocycles. The number of rotatable bonds is 4. The Bertz CT molecular complexity index is 351. The number of nitrogens with two attached hydrogens (primary N) is 1. The van der Waals surface area contributed by atoms with E-state index < -0.39 is 0 Å². The minimum absolute atomic E-state index is 0.134. The highest BCUT2D eigenvalue weighted by Crippen LogP contribution is 2.07. The first kappa shape index (κ1) is 12.4. The molecule has 3 N–H and O–H groups in total. The minimum atomic E-state index is -0.134. The molecule has 1 unspecified atom stereocenters. The van der Waals surface area contributed by atoms with Crippen molar-refractivity contribution in [3.63, 3.8) is 0 Å². The third kappa shape index (κ3) is 2.66. The number of nitrogen functional groups attached to an aromatic ring is 1. The fourth-order valence-corrected chi connectivity index (χ4v) is 1.18. The summed E-state index contributed by atoms with van der Waals surface area (Å²) in [7, 11) is 1.76. The second kappa shape index (κ2) is 5.41. The molecule has 0 saturated carbocycles. The van der Waals surface area contributed by atoms with E-state index in [9.17, 15) is 4.79 Å². The summed E-state index contributed by atoms with van der Waals surface area (Å²) in [5, 5.41) is 7.56. The van der Waals surface area contributed by atoms with E-state index in [1.54, 1.807) is 24.1 Å². The summed E-state index contributed by atoms with van der Waals surface area (Å²) in [5.41, 5.74) is 2.68. The van der Waals surface area contributed by atoms with Gasteiger partial charge in [0.1, 0.15) is 0 Å². The summed E-state index contributed by atoms with van der Waals surface area (Å²) >= 11 is 0. The molecule has 6 heteroatoms. The lowest BCUT2D eigenvalue weighted by atomic mass is 10.2. The van der Waals surface area contributed by atoms with E-state index in [1.807, 2.05) is 13.8 Å². The van der Waals surface area contributed by atoms with Gasteiger partial charge in [-0.15, -0.1) is 10.2 Å². The summed E-state index contributed by atoms with van der Waals surface area (Å²) in [6.45, 7) is 4.02. The molecular formula is C10H17N5O. The maximum atomic E-state index is 11.9. The first-order valence-electron chi connectivity index (χ1n) is 5.17. The van der Waals surface area contributed by atoms with Crippen molar-refractivity contribution < 1.29 is 4.79 Å². The summed E-state index contributed by atoms with van der Waals surface area (Å²) in [6.07, 6.45) is 0.901. The van der Waals surface area contributed by atoms with Crippen molar-refractivity contribution in [3.05, 3.63) is 17.8 Å². The van der Waals surface area contributed by atoms with Crippen LogP contribution in [-0.4, -0.2) is 34.1 Å². The molecule has 1 rings (SSSR count). The molecule has 1 amide bonds. The molecule has 1 atom stereocenters. The van der Waals surface area contributed by atoms with E-state index in [2.05, 4.69) is 15.6 Å². The van der Waals surface area contributed by atoms with Gasteiger partial charge in [0.15, 0.2) is 11.5 Å². The van der Waals surface area contributed by atoms with Gasteiger partial charge in [-0.3, -0.25) is 4.79 Å². The number of nitrogens with one attached hydrogen (secondary N) is 1. The van der Waals surface area contributed by atoms with Crippen LogP contribution < -0.4 is 11.3 Å². The van der Waals surface area contributed by atoms with Gasteiger partial charge in [-0.1, -0.05) is 6.92 Å². The van der Waals surface area contributed by atoms with Gasteiger partial charge in [0.05, 0.1) is 0 Å². The Hall–Kier alpha value is -1.69. The maximum Gasteiger partial charge on any atom is 0.274 e. The number of hydrogen-bond acceptors (Lipinski definition) is 5. The van der Waals surface area contributed by atoms with Crippen molar-refractivity contribution in [2.24, 2.45) is 5.84 Å². The highest BCUT2D eigenvalue weighted by molar-refractivity contribution is 5.92. The number of nitrogens with zero attached hydrogens (tertiary/aromatic N) is 3. The number of aromatic nitrogens is 2. The van der Waals surface area contributed by atoms with Crippen LogP contribution in [0.25, 0.3) is 0 Å². The Morgan fingerprint density at radius 2 is 2.25 bits per heavy atom. The van der Waals surface area contributed by atoms with Crippen LogP contribution in [0.15, 0.2) is 12.1 Å². The lowest BCUT2D eigenvalue weighted by Crippen LogP contribution is -2.35. The first-order valence-corrected chi connectivity index (χ1v) is 5.17. The zero-order valence-electron chi connectivity index (χ0n) is 9.77. The van der Waals surface area contributed by atoms with Gasteiger partial charge in [-0.05, 0) is 25.5 Å². The molecule has 0 fully saturated rings. The van der Waals surface area contributed by atoms with Crippen molar-refractivity contribution in [1.82, 2.24) is 15.1 Å². The maximum absolute atomic E-state index is 11.9. The smallest absolute Gasteiger partial charge is 0.274 e. The predicted octanol–water partition coefficient (Wildman–Crippen LogP) is 0.633. The number of carbonyl (C=O) groups is 1. The van der Waals surface area contributed by atoms with Crippen molar-refractivity contribution in [3.8, 4) is 0 Å². The Morgan fingerprint density at radius 1 is 1.56 bits per heavy atom. The number of carbonyl (C=O) groups excluding carboxylic acids is 1. The standard InChI is InChI=1S/C10H17N5O/c1-4-7(2)15(3)10(16)8-5-6-9(12-11)14-13-8/h5-7H,4,11H2,1-3H3,(H,12,14). The van der Waals surface area contributed by atoms with Crippen molar-refractivity contribution >= 4 is 11.7 Å². The molecule has 0 bridgehead atoms. The van der Waals surface area contributed by atoms with Crippen LogP contribution in [-0.2, 0) is 0 Å². The quantitative estimate of drug-likeness (QED) is 0.578. The molecule has 0 spiro atoms. The van der Waals surface area contributed by atoms with Crippen LogP contribution in [0.5, 0.6) is 0 Å². The van der Waals surface area contributed by atoms with Crippen molar-refractivity contribution in [1.29, 1.82) is 0 Å². The van der Waals surface area contributed by atoms with Crippen molar-refractivity contribution in [2.45, 2.75) is 26.3 Å². The van der Waals surface area contributed by atoms with Crippen LogP contribution >= 0.6 is 0 Å². The fraction of sp³-hybridized carbons (Fsp3) is 0.500. The molecule has 0 aliphatic rings.